The monoisotopic (exact) mass is 458 g/mol. The van der Waals surface area contributed by atoms with E-state index in [1.165, 1.54) is 7.11 Å². The molecule has 33 heavy (non-hydrogen) atoms. The van der Waals surface area contributed by atoms with Gasteiger partial charge in [-0.1, -0.05) is 12.1 Å². The zero-order valence-corrected chi connectivity index (χ0v) is 19.1. The van der Waals surface area contributed by atoms with Crippen molar-refractivity contribution >= 4 is 12.1 Å². The third-order valence-electron chi connectivity index (χ3n) is 5.56. The van der Waals surface area contributed by atoms with Gasteiger partial charge in [0, 0.05) is 19.0 Å². The lowest BCUT2D eigenvalue weighted by atomic mass is 9.85. The molecule has 0 unspecified atom stereocenters. The summed E-state index contributed by atoms with van der Waals surface area (Å²) in [5.41, 5.74) is 7.29. The van der Waals surface area contributed by atoms with Crippen LogP contribution in [0.15, 0.2) is 36.4 Å². The number of ether oxygens (including phenoxy) is 5. The molecule has 9 heteroatoms. The van der Waals surface area contributed by atoms with Gasteiger partial charge in [-0.15, -0.1) is 0 Å². The number of cyclic esters (lactones) is 1. The number of benzene rings is 2. The second-order valence-corrected chi connectivity index (χ2v) is 7.68. The van der Waals surface area contributed by atoms with Gasteiger partial charge in [0.15, 0.2) is 23.0 Å². The quantitative estimate of drug-likeness (QED) is 0.521. The van der Waals surface area contributed by atoms with Crippen molar-refractivity contribution in [2.45, 2.75) is 12.8 Å². The molecule has 2 atom stereocenters. The number of hydrogen-bond acceptors (Lipinski definition) is 8. The zero-order valence-electron chi connectivity index (χ0n) is 19.1. The topological polar surface area (TPSA) is 118 Å². The van der Waals surface area contributed by atoms with Crippen molar-refractivity contribution in [3.8, 4) is 23.0 Å². The first kappa shape index (κ1) is 24.2. The molecule has 3 N–H and O–H groups in total. The molecule has 9 nitrogen and oxygen atoms in total. The molecule has 0 bridgehead atoms. The Morgan fingerprint density at radius 3 is 2.21 bits per heavy atom. The molecule has 1 aliphatic rings. The summed E-state index contributed by atoms with van der Waals surface area (Å²) in [4.78, 5) is 24.3. The molecule has 2 aromatic rings. The summed E-state index contributed by atoms with van der Waals surface area (Å²) in [6.07, 6.45) is 0.532. The zero-order chi connectivity index (χ0) is 23.8. The van der Waals surface area contributed by atoms with Crippen molar-refractivity contribution < 1.29 is 33.3 Å². The third-order valence-corrected chi connectivity index (χ3v) is 5.56. The summed E-state index contributed by atoms with van der Waals surface area (Å²) in [5.74, 6) is 1.48. The van der Waals surface area contributed by atoms with Crippen LogP contribution in [0.2, 0.25) is 0 Å². The summed E-state index contributed by atoms with van der Waals surface area (Å²) in [6.45, 7) is 0.981. The number of carbonyl (C=O) groups is 2. The molecule has 1 amide bonds. The SMILES string of the molecule is COc1ccc(C[C@H]2COC(=O)[C@@H]2Cc2ccc(OC(=O)NCCN)c(OC)c2)cc1OC. The minimum absolute atomic E-state index is 0.0135. The minimum Gasteiger partial charge on any atom is -0.493 e. The van der Waals surface area contributed by atoms with E-state index in [1.54, 1.807) is 26.4 Å². The van der Waals surface area contributed by atoms with Gasteiger partial charge >= 0.3 is 12.1 Å². The van der Waals surface area contributed by atoms with Crippen LogP contribution in [0.25, 0.3) is 0 Å². The third kappa shape index (κ3) is 6.07. The molecule has 0 aliphatic carbocycles. The Hall–Kier alpha value is -3.46. The van der Waals surface area contributed by atoms with Gasteiger partial charge in [0.2, 0.25) is 0 Å². The molecule has 1 heterocycles. The number of hydrogen-bond donors (Lipinski definition) is 2. The summed E-state index contributed by atoms with van der Waals surface area (Å²) in [6, 6.07) is 11.0. The number of methoxy groups -OCH3 is 3. The molecule has 0 spiro atoms. The average molecular weight is 459 g/mol. The van der Waals surface area contributed by atoms with Crippen molar-refractivity contribution in [3.05, 3.63) is 47.5 Å². The highest BCUT2D eigenvalue weighted by molar-refractivity contribution is 5.75. The molecule has 1 aliphatic heterocycles. The van der Waals surface area contributed by atoms with Crippen LogP contribution in [0.4, 0.5) is 4.79 Å². The smallest absolute Gasteiger partial charge is 0.412 e. The molecule has 2 aromatic carbocycles. The first-order valence-corrected chi connectivity index (χ1v) is 10.7. The Morgan fingerprint density at radius 2 is 1.58 bits per heavy atom. The van der Waals surface area contributed by atoms with E-state index in [4.69, 9.17) is 29.4 Å². The maximum Gasteiger partial charge on any atom is 0.412 e. The van der Waals surface area contributed by atoms with E-state index in [0.717, 1.165) is 11.1 Å². The van der Waals surface area contributed by atoms with E-state index in [0.29, 0.717) is 49.8 Å². The van der Waals surface area contributed by atoms with Crippen LogP contribution in [0.5, 0.6) is 23.0 Å². The van der Waals surface area contributed by atoms with Gasteiger partial charge in [0.05, 0.1) is 33.9 Å². The Balaban J connectivity index is 1.71. The van der Waals surface area contributed by atoms with Gasteiger partial charge in [-0.3, -0.25) is 4.79 Å². The second kappa shape index (κ2) is 11.4. The van der Waals surface area contributed by atoms with Crippen molar-refractivity contribution in [2.24, 2.45) is 17.6 Å². The number of esters is 1. The fourth-order valence-electron chi connectivity index (χ4n) is 3.85. The molecule has 1 fully saturated rings. The highest BCUT2D eigenvalue weighted by atomic mass is 16.6. The van der Waals surface area contributed by atoms with Crippen LogP contribution in [-0.2, 0) is 22.4 Å². The van der Waals surface area contributed by atoms with Gasteiger partial charge in [-0.25, -0.2) is 4.79 Å². The predicted octanol–water partition coefficient (Wildman–Crippen LogP) is 2.33. The Kier molecular flexibility index (Phi) is 8.37. The highest BCUT2D eigenvalue weighted by Crippen LogP contribution is 2.35. The van der Waals surface area contributed by atoms with Crippen molar-refractivity contribution in [3.63, 3.8) is 0 Å². The molecular formula is C24H30N2O7. The second-order valence-electron chi connectivity index (χ2n) is 7.68. The van der Waals surface area contributed by atoms with Gasteiger partial charge in [0.25, 0.3) is 0 Å². The lowest BCUT2D eigenvalue weighted by Crippen LogP contribution is -2.31. The predicted molar refractivity (Wildman–Crippen MR) is 121 cm³/mol. The van der Waals surface area contributed by atoms with Crippen molar-refractivity contribution in [2.75, 3.05) is 41.0 Å². The van der Waals surface area contributed by atoms with Crippen molar-refractivity contribution in [1.82, 2.24) is 5.32 Å². The number of amides is 1. The fraction of sp³-hybridized carbons (Fsp3) is 0.417. The Morgan fingerprint density at radius 1 is 0.970 bits per heavy atom. The molecule has 1 saturated heterocycles. The largest absolute Gasteiger partial charge is 0.493 e. The van der Waals surface area contributed by atoms with E-state index in [2.05, 4.69) is 5.32 Å². The van der Waals surface area contributed by atoms with Gasteiger partial charge in [-0.05, 0) is 48.2 Å². The van der Waals surface area contributed by atoms with E-state index in [-0.39, 0.29) is 23.6 Å². The van der Waals surface area contributed by atoms with Crippen LogP contribution in [0, 0.1) is 11.8 Å². The molecule has 3 rings (SSSR count). The number of carbonyl (C=O) groups excluding carboxylic acids is 2. The highest BCUT2D eigenvalue weighted by Gasteiger charge is 2.37. The number of nitrogens with one attached hydrogen (secondary N) is 1. The molecular weight excluding hydrogens is 428 g/mol. The minimum atomic E-state index is -0.610. The van der Waals surface area contributed by atoms with E-state index in [9.17, 15) is 9.59 Å². The fourth-order valence-corrected chi connectivity index (χ4v) is 3.85. The van der Waals surface area contributed by atoms with Gasteiger partial charge < -0.3 is 34.7 Å². The Bertz CT molecular complexity index is 979. The molecule has 0 saturated carbocycles. The van der Waals surface area contributed by atoms with Gasteiger partial charge in [0.1, 0.15) is 0 Å². The van der Waals surface area contributed by atoms with Crippen LogP contribution >= 0.6 is 0 Å². The van der Waals surface area contributed by atoms with E-state index < -0.39 is 6.09 Å². The van der Waals surface area contributed by atoms with Crippen LogP contribution in [0.1, 0.15) is 11.1 Å². The maximum atomic E-state index is 12.5. The lowest BCUT2D eigenvalue weighted by molar-refractivity contribution is -0.141. The van der Waals surface area contributed by atoms with Crippen LogP contribution in [-0.4, -0.2) is 53.1 Å². The Labute approximate surface area is 193 Å². The van der Waals surface area contributed by atoms with Crippen molar-refractivity contribution in [1.29, 1.82) is 0 Å². The van der Waals surface area contributed by atoms with E-state index >= 15 is 0 Å². The number of rotatable bonds is 10. The average Bonchev–Trinajstić information content (AvgIpc) is 3.17. The van der Waals surface area contributed by atoms with Crippen LogP contribution in [0.3, 0.4) is 0 Å². The first-order chi connectivity index (χ1) is 16.0. The molecule has 0 aromatic heterocycles. The van der Waals surface area contributed by atoms with Crippen LogP contribution < -0.4 is 30.0 Å². The first-order valence-electron chi connectivity index (χ1n) is 10.7. The summed E-state index contributed by atoms with van der Waals surface area (Å²) in [7, 11) is 4.68. The van der Waals surface area contributed by atoms with Gasteiger partial charge in [-0.2, -0.15) is 0 Å². The summed E-state index contributed by atoms with van der Waals surface area (Å²) in [5, 5.41) is 2.54. The maximum absolute atomic E-state index is 12.5. The lowest BCUT2D eigenvalue weighted by Gasteiger charge is -2.17. The number of nitrogens with two attached hydrogens (primary N) is 1. The standard InChI is InChI=1S/C24H30N2O7/c1-29-19-6-4-15(12-21(19)30-2)10-17-14-32-23(27)18(17)11-16-5-7-20(22(13-16)31-3)33-24(28)26-9-8-25/h4-7,12-13,17-18H,8-11,14,25H2,1-3H3,(H,26,28)/t17-,18+/m0/s1. The summed E-state index contributed by atoms with van der Waals surface area (Å²) >= 11 is 0. The summed E-state index contributed by atoms with van der Waals surface area (Å²) < 4.78 is 26.7. The normalized spacial score (nSPS) is 17.3. The molecule has 178 valence electrons. The molecule has 0 radical (unpaired) electrons. The van der Waals surface area contributed by atoms with E-state index in [1.807, 2.05) is 24.3 Å².